The lowest BCUT2D eigenvalue weighted by Crippen LogP contribution is -2.15. The zero-order chi connectivity index (χ0) is 21.0. The molecule has 3 rings (SSSR count). The molecule has 0 aliphatic carbocycles. The van der Waals surface area contributed by atoms with Gasteiger partial charge in [-0.05, 0) is 86.8 Å². The number of hydrogen-bond acceptors (Lipinski definition) is 6. The van der Waals surface area contributed by atoms with Gasteiger partial charge in [0.2, 0.25) is 5.90 Å². The fourth-order valence-corrected chi connectivity index (χ4v) is 4.13. The maximum absolute atomic E-state index is 12.2. The number of carbonyl (C=O) groups is 2. The summed E-state index contributed by atoms with van der Waals surface area (Å²) >= 11 is 10.2. The zero-order valence-electron chi connectivity index (χ0n) is 15.1. The van der Waals surface area contributed by atoms with Crippen molar-refractivity contribution in [2.45, 2.75) is 6.92 Å². The van der Waals surface area contributed by atoms with Crippen molar-refractivity contribution in [3.05, 3.63) is 66.6 Å². The monoisotopic (exact) mass is 585 g/mol. The van der Waals surface area contributed by atoms with Crippen molar-refractivity contribution in [1.29, 1.82) is 0 Å². The van der Waals surface area contributed by atoms with Crippen LogP contribution in [-0.2, 0) is 19.1 Å². The SMILES string of the molecule is CCOC(=O)COc1c(Br)cc(/C=C2\N=C(c3ccc(Br)cc3)OC2=O)cc1Br. The van der Waals surface area contributed by atoms with Gasteiger partial charge in [0.05, 0.1) is 15.6 Å². The molecule has 0 spiro atoms. The van der Waals surface area contributed by atoms with Crippen molar-refractivity contribution in [2.75, 3.05) is 13.2 Å². The number of nitrogens with zero attached hydrogens (tertiary/aromatic N) is 1. The Bertz CT molecular complexity index is 992. The van der Waals surface area contributed by atoms with Crippen molar-refractivity contribution in [3.8, 4) is 5.75 Å². The van der Waals surface area contributed by atoms with Crippen molar-refractivity contribution in [3.63, 3.8) is 0 Å². The standard InChI is InChI=1S/C20H14Br3NO5/c1-2-27-17(25)10-28-18-14(22)7-11(8-15(18)23)9-16-20(26)29-19(24-16)12-3-5-13(21)6-4-12/h3-9H,2,10H2,1H3/b16-9-. The van der Waals surface area contributed by atoms with E-state index in [4.69, 9.17) is 14.2 Å². The Morgan fingerprint density at radius 2 is 1.79 bits per heavy atom. The van der Waals surface area contributed by atoms with E-state index in [2.05, 4.69) is 52.8 Å². The number of benzene rings is 2. The van der Waals surface area contributed by atoms with Crippen LogP contribution >= 0.6 is 47.8 Å². The molecule has 0 N–H and O–H groups in total. The maximum Gasteiger partial charge on any atom is 0.363 e. The van der Waals surface area contributed by atoms with Crippen LogP contribution < -0.4 is 4.74 Å². The average Bonchev–Trinajstić information content (AvgIpc) is 3.02. The molecule has 0 radical (unpaired) electrons. The van der Waals surface area contributed by atoms with Crippen molar-refractivity contribution >= 4 is 71.7 Å². The van der Waals surface area contributed by atoms with Gasteiger partial charge in [0.25, 0.3) is 0 Å². The summed E-state index contributed by atoms with van der Waals surface area (Å²) in [6.07, 6.45) is 1.61. The van der Waals surface area contributed by atoms with Gasteiger partial charge in [-0.2, -0.15) is 0 Å². The molecular weight excluding hydrogens is 574 g/mol. The lowest BCUT2D eigenvalue weighted by Gasteiger charge is -2.10. The first kappa shape index (κ1) is 21.7. The molecule has 0 aromatic heterocycles. The van der Waals surface area contributed by atoms with E-state index in [-0.39, 0.29) is 24.8 Å². The van der Waals surface area contributed by atoms with Gasteiger partial charge in [0.15, 0.2) is 12.3 Å². The summed E-state index contributed by atoms with van der Waals surface area (Å²) in [5.41, 5.74) is 1.58. The molecular formula is C20H14Br3NO5. The van der Waals surface area contributed by atoms with Crippen molar-refractivity contribution in [2.24, 2.45) is 4.99 Å². The van der Waals surface area contributed by atoms with E-state index >= 15 is 0 Å². The van der Waals surface area contributed by atoms with E-state index in [1.54, 1.807) is 25.1 Å². The van der Waals surface area contributed by atoms with E-state index < -0.39 is 11.9 Å². The van der Waals surface area contributed by atoms with E-state index in [0.29, 0.717) is 25.8 Å². The minimum Gasteiger partial charge on any atom is -0.480 e. The van der Waals surface area contributed by atoms with Crippen LogP contribution in [0.4, 0.5) is 0 Å². The number of rotatable bonds is 6. The third kappa shape index (κ3) is 5.55. The number of esters is 2. The Labute approximate surface area is 192 Å². The molecule has 0 atom stereocenters. The minimum absolute atomic E-state index is 0.182. The first-order valence-corrected chi connectivity index (χ1v) is 10.8. The first-order valence-electron chi connectivity index (χ1n) is 8.43. The molecule has 1 aliphatic heterocycles. The summed E-state index contributed by atoms with van der Waals surface area (Å²) in [6.45, 7) is 1.80. The molecule has 0 unspecified atom stereocenters. The fraction of sp³-hybridized carbons (Fsp3) is 0.150. The minimum atomic E-state index is -0.530. The maximum atomic E-state index is 12.2. The number of hydrogen-bond donors (Lipinski definition) is 0. The number of aliphatic imine (C=N–C) groups is 1. The Morgan fingerprint density at radius 1 is 1.14 bits per heavy atom. The summed E-state index contributed by atoms with van der Waals surface area (Å²) in [4.78, 5) is 28.0. The smallest absolute Gasteiger partial charge is 0.363 e. The van der Waals surface area contributed by atoms with E-state index in [9.17, 15) is 9.59 Å². The van der Waals surface area contributed by atoms with E-state index in [1.807, 2.05) is 24.3 Å². The lowest BCUT2D eigenvalue weighted by molar-refractivity contribution is -0.145. The second-order valence-electron chi connectivity index (χ2n) is 5.75. The highest BCUT2D eigenvalue weighted by Crippen LogP contribution is 2.35. The van der Waals surface area contributed by atoms with Crippen molar-refractivity contribution in [1.82, 2.24) is 0 Å². The highest BCUT2D eigenvalue weighted by atomic mass is 79.9. The van der Waals surface area contributed by atoms with Crippen LogP contribution in [0.3, 0.4) is 0 Å². The van der Waals surface area contributed by atoms with Crippen LogP contribution in [0.15, 0.2) is 60.5 Å². The van der Waals surface area contributed by atoms with Crippen LogP contribution in [-0.4, -0.2) is 31.1 Å². The lowest BCUT2D eigenvalue weighted by atomic mass is 10.2. The summed E-state index contributed by atoms with van der Waals surface area (Å²) < 4.78 is 17.7. The molecule has 0 fully saturated rings. The number of halogens is 3. The molecule has 0 bridgehead atoms. The summed E-state index contributed by atoms with van der Waals surface area (Å²) in [7, 11) is 0. The third-order valence-electron chi connectivity index (χ3n) is 3.68. The molecule has 1 aliphatic rings. The molecule has 2 aromatic rings. The third-order valence-corrected chi connectivity index (χ3v) is 5.38. The van der Waals surface area contributed by atoms with Gasteiger partial charge in [-0.1, -0.05) is 15.9 Å². The normalized spacial score (nSPS) is 14.6. The highest BCUT2D eigenvalue weighted by Gasteiger charge is 2.24. The molecule has 1 heterocycles. The molecule has 9 heteroatoms. The molecule has 0 amide bonds. The average molecular weight is 588 g/mol. The predicted molar refractivity (Wildman–Crippen MR) is 119 cm³/mol. The van der Waals surface area contributed by atoms with Crippen LogP contribution in [0.1, 0.15) is 18.1 Å². The number of ether oxygens (including phenoxy) is 3. The van der Waals surface area contributed by atoms with Gasteiger partial charge in [-0.25, -0.2) is 14.6 Å². The second kappa shape index (κ2) is 9.69. The Morgan fingerprint density at radius 3 is 2.41 bits per heavy atom. The molecule has 6 nitrogen and oxygen atoms in total. The molecule has 2 aromatic carbocycles. The van der Waals surface area contributed by atoms with Gasteiger partial charge in [-0.3, -0.25) is 0 Å². The Hall–Kier alpha value is -1.97. The van der Waals surface area contributed by atoms with Crippen LogP contribution in [0.25, 0.3) is 6.08 Å². The quantitative estimate of drug-likeness (QED) is 0.340. The van der Waals surface area contributed by atoms with Crippen LogP contribution in [0.2, 0.25) is 0 Å². The predicted octanol–water partition coefficient (Wildman–Crippen LogP) is 5.26. The zero-order valence-corrected chi connectivity index (χ0v) is 19.8. The number of carbonyl (C=O) groups excluding carboxylic acids is 2. The van der Waals surface area contributed by atoms with Crippen molar-refractivity contribution < 1.29 is 23.8 Å². The van der Waals surface area contributed by atoms with Gasteiger partial charge in [-0.15, -0.1) is 0 Å². The highest BCUT2D eigenvalue weighted by molar-refractivity contribution is 9.11. The van der Waals surface area contributed by atoms with Gasteiger partial charge in [0, 0.05) is 10.0 Å². The second-order valence-corrected chi connectivity index (χ2v) is 8.37. The largest absolute Gasteiger partial charge is 0.480 e. The van der Waals surface area contributed by atoms with E-state index in [1.165, 1.54) is 0 Å². The molecule has 29 heavy (non-hydrogen) atoms. The Kier molecular flexibility index (Phi) is 7.26. The molecule has 0 saturated carbocycles. The number of cyclic esters (lactones) is 1. The van der Waals surface area contributed by atoms with E-state index in [0.717, 1.165) is 4.47 Å². The van der Waals surface area contributed by atoms with Gasteiger partial charge < -0.3 is 14.2 Å². The first-order chi connectivity index (χ1) is 13.9. The fourth-order valence-electron chi connectivity index (χ4n) is 2.42. The summed E-state index contributed by atoms with van der Waals surface area (Å²) in [5, 5.41) is 0. The van der Waals surface area contributed by atoms with Gasteiger partial charge in [0.1, 0.15) is 5.75 Å². The summed E-state index contributed by atoms with van der Waals surface area (Å²) in [6, 6.07) is 10.8. The Balaban J connectivity index is 1.81. The van der Waals surface area contributed by atoms with Crippen LogP contribution in [0.5, 0.6) is 5.75 Å². The van der Waals surface area contributed by atoms with Crippen LogP contribution in [0, 0.1) is 0 Å². The molecule has 150 valence electrons. The topological polar surface area (TPSA) is 74.2 Å². The summed E-state index contributed by atoms with van der Waals surface area (Å²) in [5.74, 6) is -0.284. The molecule has 0 saturated heterocycles. The van der Waals surface area contributed by atoms with Gasteiger partial charge >= 0.3 is 11.9 Å².